The van der Waals surface area contributed by atoms with E-state index in [4.69, 9.17) is 13.9 Å². The number of carbonyl (C=O) groups excluding carboxylic acids is 2. The monoisotopic (exact) mass is 624 g/mol. The Morgan fingerprint density at radius 1 is 1.00 bits per heavy atom. The second-order valence-electron chi connectivity index (χ2n) is 13.5. The van der Waals surface area contributed by atoms with E-state index in [1.807, 2.05) is 37.3 Å². The zero-order chi connectivity index (χ0) is 31.0. The number of carbonyl (C=O) groups is 2. The molecular formula is C33H56O5S2Si. The summed E-state index contributed by atoms with van der Waals surface area (Å²) in [6, 6.07) is 9.27. The summed E-state index contributed by atoms with van der Waals surface area (Å²) in [6.07, 6.45) is 3.57. The molecular weight excluding hydrogens is 569 g/mol. The summed E-state index contributed by atoms with van der Waals surface area (Å²) in [6.45, 7) is 22.2. The number of ether oxygens (including phenoxy) is 2. The molecule has 2 rings (SSSR count). The van der Waals surface area contributed by atoms with E-state index in [1.54, 1.807) is 0 Å². The average molecular weight is 625 g/mol. The summed E-state index contributed by atoms with van der Waals surface area (Å²) in [5.74, 6) is 2.46. The summed E-state index contributed by atoms with van der Waals surface area (Å²) in [7, 11) is -0.628. The van der Waals surface area contributed by atoms with Gasteiger partial charge in [0.05, 0.1) is 28.8 Å². The maximum atomic E-state index is 12.7. The van der Waals surface area contributed by atoms with Crippen molar-refractivity contribution in [3.8, 4) is 0 Å². The summed E-state index contributed by atoms with van der Waals surface area (Å²) in [5, 5.41) is 0.0563. The third-order valence-corrected chi connectivity index (χ3v) is 17.8. The first-order valence-electron chi connectivity index (χ1n) is 15.4. The zero-order valence-electron chi connectivity index (χ0n) is 27.5. The molecule has 1 fully saturated rings. The molecule has 0 amide bonds. The molecule has 0 aromatic heterocycles. The highest BCUT2D eigenvalue weighted by Crippen LogP contribution is 2.54. The molecule has 8 heteroatoms. The van der Waals surface area contributed by atoms with Crippen molar-refractivity contribution in [1.82, 2.24) is 0 Å². The molecule has 0 N–H and O–H groups in total. The van der Waals surface area contributed by atoms with E-state index in [1.165, 1.54) is 7.11 Å². The molecule has 0 aliphatic carbocycles. The maximum absolute atomic E-state index is 12.7. The van der Waals surface area contributed by atoms with Gasteiger partial charge in [-0.3, -0.25) is 4.79 Å². The second-order valence-corrected chi connectivity index (χ2v) is 21.4. The van der Waals surface area contributed by atoms with E-state index in [-0.39, 0.29) is 51.0 Å². The lowest BCUT2D eigenvalue weighted by molar-refractivity contribution is -0.149. The van der Waals surface area contributed by atoms with Crippen molar-refractivity contribution in [2.75, 3.05) is 18.6 Å². The second kappa shape index (κ2) is 15.7. The third kappa shape index (κ3) is 9.77. The minimum Gasteiger partial charge on any atom is -0.469 e. The van der Waals surface area contributed by atoms with E-state index in [0.717, 1.165) is 37.2 Å². The Balaban J connectivity index is 2.14. The molecule has 1 heterocycles. The average Bonchev–Trinajstić information content (AvgIpc) is 3.42. The van der Waals surface area contributed by atoms with Gasteiger partial charge in [-0.15, -0.1) is 23.5 Å². The Bertz CT molecular complexity index is 958. The van der Waals surface area contributed by atoms with Crippen LogP contribution in [0, 0.1) is 23.7 Å². The van der Waals surface area contributed by atoms with Crippen molar-refractivity contribution in [1.29, 1.82) is 0 Å². The predicted octanol–water partition coefficient (Wildman–Crippen LogP) is 9.08. The summed E-state index contributed by atoms with van der Waals surface area (Å²) in [5.41, 5.74) is 0.606. The van der Waals surface area contributed by atoms with Crippen LogP contribution in [-0.2, 0) is 18.7 Å². The van der Waals surface area contributed by atoms with Crippen LogP contribution in [0.25, 0.3) is 0 Å². The molecule has 5 nitrogen and oxygen atoms in total. The quantitative estimate of drug-likeness (QED) is 0.142. The molecule has 0 radical (unpaired) electrons. The molecule has 0 unspecified atom stereocenters. The lowest BCUT2D eigenvalue weighted by atomic mass is 9.83. The molecule has 1 aliphatic heterocycles. The van der Waals surface area contributed by atoms with Crippen molar-refractivity contribution in [3.05, 3.63) is 35.9 Å². The normalized spacial score (nSPS) is 20.0. The van der Waals surface area contributed by atoms with Gasteiger partial charge in [-0.05, 0) is 80.6 Å². The van der Waals surface area contributed by atoms with Crippen LogP contribution in [0.3, 0.4) is 0 Å². The molecule has 0 saturated carbocycles. The molecule has 1 saturated heterocycles. The number of benzene rings is 1. The van der Waals surface area contributed by atoms with Gasteiger partial charge in [-0.25, -0.2) is 4.79 Å². The molecule has 0 spiro atoms. The van der Waals surface area contributed by atoms with Gasteiger partial charge in [0.15, 0.2) is 8.32 Å². The molecule has 1 aromatic rings. The van der Waals surface area contributed by atoms with Crippen LogP contribution < -0.4 is 0 Å². The number of hydrogen-bond acceptors (Lipinski definition) is 7. The molecule has 1 aliphatic rings. The Labute approximate surface area is 260 Å². The van der Waals surface area contributed by atoms with E-state index < -0.39 is 8.32 Å². The van der Waals surface area contributed by atoms with Crippen LogP contribution in [0.4, 0.5) is 0 Å². The van der Waals surface area contributed by atoms with Crippen molar-refractivity contribution in [2.45, 2.75) is 115 Å². The van der Waals surface area contributed by atoms with Crippen LogP contribution in [0.1, 0.15) is 91.4 Å². The third-order valence-electron chi connectivity index (χ3n) is 9.37. The van der Waals surface area contributed by atoms with Crippen LogP contribution in [0.5, 0.6) is 0 Å². The highest BCUT2D eigenvalue weighted by atomic mass is 32.2. The topological polar surface area (TPSA) is 61.8 Å². The van der Waals surface area contributed by atoms with Crippen molar-refractivity contribution >= 4 is 43.8 Å². The van der Waals surface area contributed by atoms with E-state index in [9.17, 15) is 9.59 Å². The van der Waals surface area contributed by atoms with Gasteiger partial charge in [0.2, 0.25) is 0 Å². The molecule has 6 atom stereocenters. The Morgan fingerprint density at radius 2 is 1.59 bits per heavy atom. The van der Waals surface area contributed by atoms with Crippen molar-refractivity contribution in [2.24, 2.45) is 23.7 Å². The summed E-state index contributed by atoms with van der Waals surface area (Å²) >= 11 is 4.18. The first-order valence-corrected chi connectivity index (χ1v) is 20.3. The van der Waals surface area contributed by atoms with Gasteiger partial charge in [0.1, 0.15) is 6.10 Å². The van der Waals surface area contributed by atoms with Gasteiger partial charge < -0.3 is 13.9 Å². The first-order chi connectivity index (χ1) is 19.1. The lowest BCUT2D eigenvalue weighted by Gasteiger charge is -2.44. The van der Waals surface area contributed by atoms with Gasteiger partial charge in [-0.2, -0.15) is 0 Å². The van der Waals surface area contributed by atoms with Gasteiger partial charge in [-0.1, -0.05) is 66.7 Å². The van der Waals surface area contributed by atoms with Crippen molar-refractivity contribution in [3.63, 3.8) is 0 Å². The number of methoxy groups -OCH3 is 1. The molecule has 1 aromatic carbocycles. The van der Waals surface area contributed by atoms with Gasteiger partial charge in [0.25, 0.3) is 0 Å². The Morgan fingerprint density at radius 3 is 2.10 bits per heavy atom. The zero-order valence-corrected chi connectivity index (χ0v) is 30.1. The smallest absolute Gasteiger partial charge is 0.338 e. The van der Waals surface area contributed by atoms with Crippen LogP contribution in [0.2, 0.25) is 18.1 Å². The largest absolute Gasteiger partial charge is 0.469 e. The fraction of sp³-hybridized carbons (Fsp3) is 0.758. The number of esters is 2. The number of thioether (sulfide) groups is 2. The Kier molecular flexibility index (Phi) is 13.8. The standard InChI is InChI=1S/C33H56O5S2Si/c1-12-28(37-31(35)27-16-14-13-15-17-27)23(2)18-19-33(39-20-21-40-33)25(4)22-24(3)29(26(5)30(34)36-9)38-41(10,11)32(6,7)8/h13-17,23-26,28-29H,12,18-22H2,1-11H3/t23-,24+,25-,26-,28-,29+/m1/s1. The molecule has 0 bridgehead atoms. The highest BCUT2D eigenvalue weighted by molar-refractivity contribution is 8.21. The Hall–Kier alpha value is -0.963. The lowest BCUT2D eigenvalue weighted by Crippen LogP contribution is -2.49. The predicted molar refractivity (Wildman–Crippen MR) is 178 cm³/mol. The van der Waals surface area contributed by atoms with Crippen molar-refractivity contribution < 1.29 is 23.5 Å². The minimum absolute atomic E-state index is 0.0563. The van der Waals surface area contributed by atoms with Crippen LogP contribution in [-0.4, -0.2) is 55.2 Å². The molecule has 234 valence electrons. The fourth-order valence-electron chi connectivity index (χ4n) is 5.56. The molecule has 41 heavy (non-hydrogen) atoms. The van der Waals surface area contributed by atoms with Gasteiger partial charge in [0, 0.05) is 11.5 Å². The van der Waals surface area contributed by atoms with Crippen LogP contribution >= 0.6 is 23.5 Å². The van der Waals surface area contributed by atoms with Gasteiger partial charge >= 0.3 is 11.9 Å². The van der Waals surface area contributed by atoms with E-state index in [0.29, 0.717) is 11.5 Å². The number of rotatable bonds is 15. The summed E-state index contributed by atoms with van der Waals surface area (Å²) in [4.78, 5) is 25.5. The number of hydrogen-bond donors (Lipinski definition) is 0. The summed E-state index contributed by atoms with van der Waals surface area (Å²) < 4.78 is 18.2. The van der Waals surface area contributed by atoms with E-state index in [2.05, 4.69) is 85.1 Å². The SMILES string of the molecule is CC[C@@H](OC(=O)c1ccccc1)[C@H](C)CCC1([C@H](C)C[C@H](C)[C@H](O[Si](C)(C)C(C)(C)C)[C@@H](C)C(=O)OC)SCCS1. The minimum atomic E-state index is -2.10. The fourth-order valence-corrected chi connectivity index (χ4v) is 10.5. The highest BCUT2D eigenvalue weighted by Gasteiger charge is 2.46. The van der Waals surface area contributed by atoms with Crippen LogP contribution in [0.15, 0.2) is 30.3 Å². The first kappa shape index (κ1) is 36.2. The maximum Gasteiger partial charge on any atom is 0.338 e. The van der Waals surface area contributed by atoms with E-state index >= 15 is 0 Å².